The van der Waals surface area contributed by atoms with Crippen molar-refractivity contribution in [1.82, 2.24) is 15.0 Å². The second-order valence-electron chi connectivity index (χ2n) is 5.33. The van der Waals surface area contributed by atoms with Gasteiger partial charge in [-0.05, 0) is 32.6 Å². The van der Waals surface area contributed by atoms with E-state index in [0.717, 1.165) is 31.4 Å². The van der Waals surface area contributed by atoms with Crippen LogP contribution in [0.25, 0.3) is 0 Å². The van der Waals surface area contributed by atoms with Gasteiger partial charge in [0.25, 0.3) is 5.56 Å². The van der Waals surface area contributed by atoms with Crippen LogP contribution in [0.1, 0.15) is 34.7 Å². The lowest BCUT2D eigenvalue weighted by atomic mass is 10.0. The fourth-order valence-corrected chi connectivity index (χ4v) is 3.63. The van der Waals surface area contributed by atoms with Gasteiger partial charge in [-0.2, -0.15) is 0 Å². The third-order valence-electron chi connectivity index (χ3n) is 3.68. The third-order valence-corrected chi connectivity index (χ3v) is 4.76. The van der Waals surface area contributed by atoms with Gasteiger partial charge < -0.3 is 10.3 Å². The molecule has 0 saturated heterocycles. The fraction of sp³-hybridized carbons (Fsp3) is 0.429. The zero-order valence-corrected chi connectivity index (χ0v) is 12.9. The summed E-state index contributed by atoms with van der Waals surface area (Å²) in [5.74, 6) is -0.313. The van der Waals surface area contributed by atoms with Crippen LogP contribution in [0, 0.1) is 6.92 Å². The van der Waals surface area contributed by atoms with Crippen molar-refractivity contribution in [2.75, 3.05) is 5.32 Å². The lowest BCUT2D eigenvalue weighted by Gasteiger charge is -2.06. The number of hydrogen-bond donors (Lipinski definition) is 3. The molecular weight excluding hydrogens is 304 g/mol. The Morgan fingerprint density at radius 2 is 2.05 bits per heavy atom. The molecule has 116 valence electrons. The number of nitrogens with one attached hydrogen (secondary N) is 3. The molecule has 1 aliphatic carbocycles. The number of aromatic amines is 2. The average molecular weight is 320 g/mol. The number of nitrogens with zero attached hydrogens (tertiary/aromatic N) is 1. The molecule has 0 bridgehead atoms. The van der Waals surface area contributed by atoms with Gasteiger partial charge in [0.1, 0.15) is 0 Å². The van der Waals surface area contributed by atoms with Crippen LogP contribution in [0.15, 0.2) is 9.59 Å². The summed E-state index contributed by atoms with van der Waals surface area (Å²) in [7, 11) is 0. The summed E-state index contributed by atoms with van der Waals surface area (Å²) in [6, 6.07) is 0. The number of carbonyl (C=O) groups excluding carboxylic acids is 1. The van der Waals surface area contributed by atoms with Crippen molar-refractivity contribution in [3.8, 4) is 0 Å². The maximum absolute atomic E-state index is 12.1. The normalized spacial score (nSPS) is 13.7. The highest BCUT2D eigenvalue weighted by Gasteiger charge is 2.17. The quantitative estimate of drug-likeness (QED) is 0.780. The van der Waals surface area contributed by atoms with Gasteiger partial charge in [0, 0.05) is 16.1 Å². The summed E-state index contributed by atoms with van der Waals surface area (Å²) in [4.78, 5) is 45.2. The first-order valence-electron chi connectivity index (χ1n) is 7.13. The van der Waals surface area contributed by atoms with Crippen LogP contribution >= 0.6 is 11.3 Å². The number of hydrogen-bond acceptors (Lipinski definition) is 5. The van der Waals surface area contributed by atoms with Crippen LogP contribution in [0.3, 0.4) is 0 Å². The van der Waals surface area contributed by atoms with Crippen molar-refractivity contribution in [2.24, 2.45) is 0 Å². The molecule has 1 amide bonds. The summed E-state index contributed by atoms with van der Waals surface area (Å²) in [6.45, 7) is 1.60. The number of aryl methyl sites for hydroxylation is 3. The highest BCUT2D eigenvalue weighted by Crippen LogP contribution is 2.29. The minimum atomic E-state index is -0.570. The van der Waals surface area contributed by atoms with Crippen LogP contribution in [-0.2, 0) is 24.1 Å². The van der Waals surface area contributed by atoms with Crippen molar-refractivity contribution < 1.29 is 4.79 Å². The molecule has 3 rings (SSSR count). The lowest BCUT2D eigenvalue weighted by molar-refractivity contribution is -0.115. The molecule has 22 heavy (non-hydrogen) atoms. The molecule has 1 aliphatic rings. The van der Waals surface area contributed by atoms with E-state index in [2.05, 4.69) is 20.3 Å². The SMILES string of the molecule is Cc1[nH]c(=O)[nH]c(=O)c1CC(=O)Nc1nc2c(s1)CCCC2. The van der Waals surface area contributed by atoms with E-state index in [1.807, 2.05) is 0 Å². The van der Waals surface area contributed by atoms with Gasteiger partial charge in [0.2, 0.25) is 5.91 Å². The smallest absolute Gasteiger partial charge is 0.311 e. The van der Waals surface area contributed by atoms with Gasteiger partial charge in [-0.15, -0.1) is 11.3 Å². The van der Waals surface area contributed by atoms with Crippen LogP contribution < -0.4 is 16.6 Å². The van der Waals surface area contributed by atoms with E-state index in [1.165, 1.54) is 16.2 Å². The molecular formula is C14H16N4O3S. The topological polar surface area (TPSA) is 108 Å². The molecule has 2 aromatic heterocycles. The Labute approximate surface area is 129 Å². The van der Waals surface area contributed by atoms with Gasteiger partial charge in [-0.3, -0.25) is 14.6 Å². The Hall–Kier alpha value is -2.22. The summed E-state index contributed by atoms with van der Waals surface area (Å²) in [5, 5.41) is 3.32. The highest BCUT2D eigenvalue weighted by molar-refractivity contribution is 7.15. The minimum absolute atomic E-state index is 0.0950. The standard InChI is InChI=1S/C14H16N4O3S/c1-7-8(12(20)18-13(21)15-7)6-11(19)17-14-16-9-4-2-3-5-10(9)22-14/h2-6H2,1H3,(H,16,17,19)(H2,15,18,20,21). The Kier molecular flexibility index (Phi) is 3.93. The zero-order valence-electron chi connectivity index (χ0n) is 12.1. The molecule has 0 radical (unpaired) electrons. The second-order valence-corrected chi connectivity index (χ2v) is 6.42. The molecule has 0 unspecified atom stereocenters. The van der Waals surface area contributed by atoms with E-state index in [0.29, 0.717) is 10.8 Å². The van der Waals surface area contributed by atoms with Crippen molar-refractivity contribution in [2.45, 2.75) is 39.0 Å². The number of amides is 1. The Bertz CT molecular complexity index is 810. The number of carbonyl (C=O) groups is 1. The van der Waals surface area contributed by atoms with Gasteiger partial charge in [-0.25, -0.2) is 9.78 Å². The van der Waals surface area contributed by atoms with E-state index >= 15 is 0 Å². The Balaban J connectivity index is 1.74. The minimum Gasteiger partial charge on any atom is -0.311 e. The van der Waals surface area contributed by atoms with E-state index < -0.39 is 11.2 Å². The van der Waals surface area contributed by atoms with E-state index in [9.17, 15) is 14.4 Å². The first-order chi connectivity index (χ1) is 10.5. The summed E-state index contributed by atoms with van der Waals surface area (Å²) in [6.07, 6.45) is 4.18. The summed E-state index contributed by atoms with van der Waals surface area (Å²) in [5.41, 5.74) is 0.638. The van der Waals surface area contributed by atoms with Crippen LogP contribution in [0.2, 0.25) is 0 Å². The number of H-pyrrole nitrogens is 2. The van der Waals surface area contributed by atoms with Crippen molar-refractivity contribution in [3.63, 3.8) is 0 Å². The monoisotopic (exact) mass is 320 g/mol. The van der Waals surface area contributed by atoms with Crippen LogP contribution in [-0.4, -0.2) is 20.9 Å². The zero-order chi connectivity index (χ0) is 15.7. The molecule has 0 saturated carbocycles. The first-order valence-corrected chi connectivity index (χ1v) is 7.95. The number of aromatic nitrogens is 3. The Morgan fingerprint density at radius 1 is 1.27 bits per heavy atom. The molecule has 2 aromatic rings. The molecule has 0 fully saturated rings. The van der Waals surface area contributed by atoms with Crippen molar-refractivity contribution >= 4 is 22.4 Å². The van der Waals surface area contributed by atoms with Gasteiger partial charge in [0.15, 0.2) is 5.13 Å². The number of thiazole rings is 1. The van der Waals surface area contributed by atoms with E-state index in [-0.39, 0.29) is 17.9 Å². The lowest BCUT2D eigenvalue weighted by Crippen LogP contribution is -2.29. The molecule has 0 atom stereocenters. The fourth-order valence-electron chi connectivity index (χ4n) is 2.57. The Morgan fingerprint density at radius 3 is 2.77 bits per heavy atom. The van der Waals surface area contributed by atoms with Gasteiger partial charge in [0.05, 0.1) is 12.1 Å². The molecule has 0 spiro atoms. The first kappa shape index (κ1) is 14.7. The van der Waals surface area contributed by atoms with Crippen molar-refractivity contribution in [3.05, 3.63) is 42.7 Å². The number of anilines is 1. The largest absolute Gasteiger partial charge is 0.325 e. The second kappa shape index (κ2) is 5.88. The van der Waals surface area contributed by atoms with E-state index in [4.69, 9.17) is 0 Å². The predicted octanol–water partition coefficient (Wildman–Crippen LogP) is 0.888. The average Bonchev–Trinajstić information content (AvgIpc) is 2.84. The predicted molar refractivity (Wildman–Crippen MR) is 83.5 cm³/mol. The summed E-state index contributed by atoms with van der Waals surface area (Å²) >= 11 is 1.50. The maximum atomic E-state index is 12.1. The third kappa shape index (κ3) is 3.01. The van der Waals surface area contributed by atoms with E-state index in [1.54, 1.807) is 6.92 Å². The van der Waals surface area contributed by atoms with Crippen LogP contribution in [0.5, 0.6) is 0 Å². The number of fused-ring (bicyclic) bond motifs is 1. The highest BCUT2D eigenvalue weighted by atomic mass is 32.1. The molecule has 2 heterocycles. The summed E-state index contributed by atoms with van der Waals surface area (Å²) < 4.78 is 0. The maximum Gasteiger partial charge on any atom is 0.325 e. The molecule has 0 aromatic carbocycles. The molecule has 3 N–H and O–H groups in total. The van der Waals surface area contributed by atoms with Crippen LogP contribution in [0.4, 0.5) is 5.13 Å². The molecule has 8 heteroatoms. The van der Waals surface area contributed by atoms with Gasteiger partial charge >= 0.3 is 5.69 Å². The van der Waals surface area contributed by atoms with Crippen molar-refractivity contribution in [1.29, 1.82) is 0 Å². The molecule has 0 aliphatic heterocycles. The number of rotatable bonds is 3. The molecule has 7 nitrogen and oxygen atoms in total. The van der Waals surface area contributed by atoms with Gasteiger partial charge in [-0.1, -0.05) is 0 Å².